The molecule has 0 amide bonds. The monoisotopic (exact) mass is 316 g/mol. The second kappa shape index (κ2) is 5.13. The van der Waals surface area contributed by atoms with Crippen LogP contribution in [0.5, 0.6) is 0 Å². The third-order valence-electron chi connectivity index (χ3n) is 2.20. The van der Waals surface area contributed by atoms with Gasteiger partial charge < -0.3 is 4.98 Å². The number of H-pyrrole nitrogens is 1. The molecule has 0 aliphatic rings. The van der Waals surface area contributed by atoms with Gasteiger partial charge in [0.05, 0.1) is 18.8 Å². The molecular formula is C10H12N4O4S2. The Kier molecular flexibility index (Phi) is 3.68. The molecule has 0 saturated heterocycles. The number of imidazole rings is 1. The van der Waals surface area contributed by atoms with Crippen molar-refractivity contribution in [3.8, 4) is 0 Å². The molecule has 0 aliphatic heterocycles. The molecule has 2 rings (SSSR count). The first-order valence-electron chi connectivity index (χ1n) is 5.35. The van der Waals surface area contributed by atoms with Crippen LogP contribution in [0, 0.1) is 0 Å². The van der Waals surface area contributed by atoms with E-state index in [1.807, 2.05) is 0 Å². The summed E-state index contributed by atoms with van der Waals surface area (Å²) in [6.45, 7) is 0. The number of nitrogens with one attached hydrogen (secondary N) is 3. The molecule has 8 nitrogen and oxygen atoms in total. The molecule has 0 aliphatic carbocycles. The van der Waals surface area contributed by atoms with Gasteiger partial charge in [0.15, 0.2) is 5.03 Å². The van der Waals surface area contributed by atoms with Crippen molar-refractivity contribution in [3.63, 3.8) is 0 Å². The van der Waals surface area contributed by atoms with E-state index in [0.717, 1.165) is 6.26 Å². The lowest BCUT2D eigenvalue weighted by atomic mass is 10.3. The molecule has 0 spiro atoms. The number of nitrogens with zero attached hydrogens (tertiary/aromatic N) is 1. The largest absolute Gasteiger partial charge is 0.334 e. The standard InChI is InChI=1S/C10H12N4O4S2/c1-19(15,16)13-8-2-4-9(5-3-8)14-20(17,18)10-6-11-7-12-10/h2-7,13-14H,1H3,(H,11,12). The summed E-state index contributed by atoms with van der Waals surface area (Å²) in [5.41, 5.74) is 0.649. The molecule has 0 saturated carbocycles. The quantitative estimate of drug-likeness (QED) is 0.745. The molecule has 3 N–H and O–H groups in total. The van der Waals surface area contributed by atoms with Gasteiger partial charge in [-0.3, -0.25) is 9.44 Å². The number of sulfonamides is 2. The predicted octanol–water partition coefficient (Wildman–Crippen LogP) is 0.582. The van der Waals surface area contributed by atoms with Gasteiger partial charge in [-0.1, -0.05) is 0 Å². The SMILES string of the molecule is CS(=O)(=O)Nc1ccc(NS(=O)(=O)c2cnc[nH]2)cc1. The van der Waals surface area contributed by atoms with E-state index in [1.54, 1.807) is 0 Å². The van der Waals surface area contributed by atoms with E-state index in [2.05, 4.69) is 19.4 Å². The molecule has 0 atom stereocenters. The summed E-state index contributed by atoms with van der Waals surface area (Å²) < 4.78 is 50.4. The van der Waals surface area contributed by atoms with Gasteiger partial charge in [0.25, 0.3) is 10.0 Å². The summed E-state index contributed by atoms with van der Waals surface area (Å²) in [6.07, 6.45) is 3.47. The molecule has 108 valence electrons. The summed E-state index contributed by atoms with van der Waals surface area (Å²) >= 11 is 0. The van der Waals surface area contributed by atoms with Crippen molar-refractivity contribution >= 4 is 31.4 Å². The van der Waals surface area contributed by atoms with Crippen molar-refractivity contribution in [1.82, 2.24) is 9.97 Å². The zero-order valence-electron chi connectivity index (χ0n) is 10.4. The fourth-order valence-corrected chi connectivity index (χ4v) is 2.95. The van der Waals surface area contributed by atoms with Crippen LogP contribution in [0.2, 0.25) is 0 Å². The molecule has 0 bridgehead atoms. The Bertz CT molecular complexity index is 780. The van der Waals surface area contributed by atoms with Gasteiger partial charge in [0, 0.05) is 11.4 Å². The molecule has 2 aromatic rings. The fraction of sp³-hybridized carbons (Fsp3) is 0.100. The zero-order valence-corrected chi connectivity index (χ0v) is 12.0. The van der Waals surface area contributed by atoms with Gasteiger partial charge in [0.1, 0.15) is 0 Å². The minimum Gasteiger partial charge on any atom is -0.334 e. The minimum atomic E-state index is -3.72. The van der Waals surface area contributed by atoms with Gasteiger partial charge in [-0.05, 0) is 24.3 Å². The second-order valence-corrected chi connectivity index (χ2v) is 7.37. The molecular weight excluding hydrogens is 304 g/mol. The van der Waals surface area contributed by atoms with Crippen molar-refractivity contribution in [3.05, 3.63) is 36.8 Å². The maximum Gasteiger partial charge on any atom is 0.278 e. The Balaban J connectivity index is 2.16. The highest BCUT2D eigenvalue weighted by Crippen LogP contribution is 2.17. The van der Waals surface area contributed by atoms with Gasteiger partial charge in [-0.15, -0.1) is 0 Å². The number of hydrogen-bond donors (Lipinski definition) is 3. The van der Waals surface area contributed by atoms with E-state index < -0.39 is 20.0 Å². The predicted molar refractivity (Wildman–Crippen MR) is 74.3 cm³/mol. The fourth-order valence-electron chi connectivity index (χ4n) is 1.42. The Morgan fingerprint density at radius 2 is 1.55 bits per heavy atom. The molecule has 1 aromatic carbocycles. The second-order valence-electron chi connectivity index (χ2n) is 3.97. The first-order chi connectivity index (χ1) is 9.26. The van der Waals surface area contributed by atoms with Crippen LogP contribution in [0.4, 0.5) is 11.4 Å². The first-order valence-corrected chi connectivity index (χ1v) is 8.73. The van der Waals surface area contributed by atoms with E-state index in [4.69, 9.17) is 0 Å². The molecule has 1 heterocycles. The number of rotatable bonds is 5. The van der Waals surface area contributed by atoms with Gasteiger partial charge in [-0.2, -0.15) is 8.42 Å². The van der Waals surface area contributed by atoms with Crippen molar-refractivity contribution < 1.29 is 16.8 Å². The normalized spacial score (nSPS) is 12.1. The van der Waals surface area contributed by atoms with Gasteiger partial charge >= 0.3 is 0 Å². The van der Waals surface area contributed by atoms with E-state index in [0.29, 0.717) is 11.4 Å². The van der Waals surface area contributed by atoms with E-state index in [-0.39, 0.29) is 5.03 Å². The Hall–Kier alpha value is -2.07. The van der Waals surface area contributed by atoms with E-state index in [9.17, 15) is 16.8 Å². The van der Waals surface area contributed by atoms with Crippen LogP contribution in [-0.2, 0) is 20.0 Å². The van der Waals surface area contributed by atoms with Crippen molar-refractivity contribution in [2.45, 2.75) is 5.03 Å². The van der Waals surface area contributed by atoms with E-state index >= 15 is 0 Å². The summed E-state index contributed by atoms with van der Waals surface area (Å²) in [7, 11) is -7.09. The number of benzene rings is 1. The molecule has 0 radical (unpaired) electrons. The van der Waals surface area contributed by atoms with Crippen molar-refractivity contribution in [1.29, 1.82) is 0 Å². The summed E-state index contributed by atoms with van der Waals surface area (Å²) in [5.74, 6) is 0. The van der Waals surface area contributed by atoms with Crippen LogP contribution >= 0.6 is 0 Å². The number of hydrogen-bond acceptors (Lipinski definition) is 5. The molecule has 0 fully saturated rings. The van der Waals surface area contributed by atoms with Crippen molar-refractivity contribution in [2.75, 3.05) is 15.7 Å². The van der Waals surface area contributed by atoms with Crippen LogP contribution in [0.25, 0.3) is 0 Å². The van der Waals surface area contributed by atoms with Crippen molar-refractivity contribution in [2.24, 2.45) is 0 Å². The Morgan fingerprint density at radius 3 is 2.00 bits per heavy atom. The number of aromatic amines is 1. The minimum absolute atomic E-state index is 0.0594. The highest BCUT2D eigenvalue weighted by atomic mass is 32.2. The third-order valence-corrected chi connectivity index (χ3v) is 4.12. The first kappa shape index (κ1) is 14.3. The van der Waals surface area contributed by atoms with E-state index in [1.165, 1.54) is 36.8 Å². The third kappa shape index (κ3) is 3.71. The lowest BCUT2D eigenvalue weighted by molar-refractivity contribution is 0.598. The van der Waals surface area contributed by atoms with Gasteiger partial charge in [0.2, 0.25) is 10.0 Å². The Labute approximate surface area is 116 Å². The Morgan fingerprint density at radius 1 is 1.00 bits per heavy atom. The molecule has 10 heteroatoms. The number of anilines is 2. The van der Waals surface area contributed by atoms with Crippen LogP contribution in [-0.4, -0.2) is 33.1 Å². The molecule has 20 heavy (non-hydrogen) atoms. The summed E-state index contributed by atoms with van der Waals surface area (Å²) in [4.78, 5) is 6.12. The highest BCUT2D eigenvalue weighted by Gasteiger charge is 2.15. The lowest BCUT2D eigenvalue weighted by Gasteiger charge is -2.08. The number of aromatic nitrogens is 2. The summed E-state index contributed by atoms with van der Waals surface area (Å²) in [5, 5.41) is -0.0594. The zero-order chi connectivity index (χ0) is 14.8. The van der Waals surface area contributed by atoms with Crippen LogP contribution in [0.1, 0.15) is 0 Å². The molecule has 1 aromatic heterocycles. The highest BCUT2D eigenvalue weighted by molar-refractivity contribution is 7.92. The maximum absolute atomic E-state index is 11.9. The average molecular weight is 316 g/mol. The smallest absolute Gasteiger partial charge is 0.278 e. The lowest BCUT2D eigenvalue weighted by Crippen LogP contribution is -2.13. The maximum atomic E-state index is 11.9. The van der Waals surface area contributed by atoms with Crippen LogP contribution < -0.4 is 9.44 Å². The summed E-state index contributed by atoms with van der Waals surface area (Å²) in [6, 6.07) is 5.79. The van der Waals surface area contributed by atoms with Crippen LogP contribution in [0.3, 0.4) is 0 Å². The van der Waals surface area contributed by atoms with Crippen LogP contribution in [0.15, 0.2) is 41.8 Å². The average Bonchev–Trinajstić information content (AvgIpc) is 2.84. The molecule has 0 unspecified atom stereocenters. The van der Waals surface area contributed by atoms with Gasteiger partial charge in [-0.25, -0.2) is 13.4 Å². The topological polar surface area (TPSA) is 121 Å².